The molecule has 0 saturated carbocycles. The van der Waals surface area contributed by atoms with E-state index in [0.717, 1.165) is 4.90 Å². The molecule has 2 aliphatic rings. The summed E-state index contributed by atoms with van der Waals surface area (Å²) in [5, 5.41) is 2.92. The van der Waals surface area contributed by atoms with E-state index in [1.165, 1.54) is 27.9 Å². The molecular formula is C16H20N4O8. The van der Waals surface area contributed by atoms with Crippen LogP contribution in [0.5, 0.6) is 6.01 Å². The van der Waals surface area contributed by atoms with Gasteiger partial charge in [0, 0.05) is 20.8 Å². The second-order valence-electron chi connectivity index (χ2n) is 6.27. The minimum absolute atomic E-state index is 0.0525. The molecule has 0 bridgehead atoms. The van der Waals surface area contributed by atoms with Crippen molar-refractivity contribution in [2.45, 2.75) is 45.2 Å². The van der Waals surface area contributed by atoms with Gasteiger partial charge < -0.3 is 24.3 Å². The SMILES string of the molecule is COc1nc2c(c(=O)[nH]1)N(C(C)=O)[C@@H]1[C@H](OC(C)=O)[C@@H](OC(C)=O)CO[C@@H]1N2. The fraction of sp³-hybridized carbons (Fsp3) is 0.562. The summed E-state index contributed by atoms with van der Waals surface area (Å²) in [6, 6.07) is -1.02. The molecule has 1 aromatic rings. The summed E-state index contributed by atoms with van der Waals surface area (Å²) < 4.78 is 21.2. The molecule has 2 aliphatic heterocycles. The fourth-order valence-corrected chi connectivity index (χ4v) is 3.36. The van der Waals surface area contributed by atoms with Gasteiger partial charge in [0.15, 0.2) is 29.9 Å². The van der Waals surface area contributed by atoms with Gasteiger partial charge in [0.05, 0.1) is 13.7 Å². The molecule has 152 valence electrons. The van der Waals surface area contributed by atoms with Crippen molar-refractivity contribution in [1.29, 1.82) is 0 Å². The van der Waals surface area contributed by atoms with E-state index in [4.69, 9.17) is 18.9 Å². The first-order valence-corrected chi connectivity index (χ1v) is 8.43. The smallest absolute Gasteiger partial charge is 0.303 e. The van der Waals surface area contributed by atoms with Gasteiger partial charge in [-0.15, -0.1) is 0 Å². The number of anilines is 2. The number of esters is 2. The fourth-order valence-electron chi connectivity index (χ4n) is 3.36. The van der Waals surface area contributed by atoms with Crippen molar-refractivity contribution in [2.75, 3.05) is 23.9 Å². The average Bonchev–Trinajstić information content (AvgIpc) is 2.60. The van der Waals surface area contributed by atoms with Crippen LogP contribution >= 0.6 is 0 Å². The second kappa shape index (κ2) is 7.46. The number of nitrogens with zero attached hydrogens (tertiary/aromatic N) is 2. The number of carbonyl (C=O) groups is 3. The molecule has 0 radical (unpaired) electrons. The monoisotopic (exact) mass is 396 g/mol. The van der Waals surface area contributed by atoms with Gasteiger partial charge in [-0.05, 0) is 0 Å². The van der Waals surface area contributed by atoms with Gasteiger partial charge in [-0.2, -0.15) is 4.98 Å². The molecule has 0 unspecified atom stereocenters. The molecule has 1 saturated heterocycles. The first-order valence-electron chi connectivity index (χ1n) is 8.43. The summed E-state index contributed by atoms with van der Waals surface area (Å²) in [5.74, 6) is -1.69. The Morgan fingerprint density at radius 2 is 1.86 bits per heavy atom. The maximum atomic E-state index is 12.6. The number of amides is 1. The van der Waals surface area contributed by atoms with Crippen molar-refractivity contribution in [3.63, 3.8) is 0 Å². The number of hydrogen-bond acceptors (Lipinski definition) is 10. The van der Waals surface area contributed by atoms with Crippen molar-refractivity contribution in [3.05, 3.63) is 10.4 Å². The third-order valence-electron chi connectivity index (χ3n) is 4.30. The number of methoxy groups -OCH3 is 1. The number of aromatic amines is 1. The summed E-state index contributed by atoms with van der Waals surface area (Å²) in [7, 11) is 1.33. The van der Waals surface area contributed by atoms with E-state index in [1.807, 2.05) is 0 Å². The Bertz CT molecular complexity index is 869. The Morgan fingerprint density at radius 3 is 2.43 bits per heavy atom. The van der Waals surface area contributed by atoms with Crippen LogP contribution in [0.25, 0.3) is 0 Å². The third kappa shape index (κ3) is 3.50. The molecule has 1 aromatic heterocycles. The zero-order valence-corrected chi connectivity index (χ0v) is 15.7. The van der Waals surface area contributed by atoms with Crippen LogP contribution in [-0.2, 0) is 28.6 Å². The zero-order valence-electron chi connectivity index (χ0n) is 15.7. The van der Waals surface area contributed by atoms with Crippen LogP contribution in [0.3, 0.4) is 0 Å². The van der Waals surface area contributed by atoms with Gasteiger partial charge in [-0.25, -0.2) is 0 Å². The maximum Gasteiger partial charge on any atom is 0.303 e. The topological polar surface area (TPSA) is 149 Å². The minimum atomic E-state index is -1.06. The number of hydrogen-bond donors (Lipinski definition) is 2. The first kappa shape index (κ1) is 19.6. The van der Waals surface area contributed by atoms with Gasteiger partial charge >= 0.3 is 11.9 Å². The van der Waals surface area contributed by atoms with Gasteiger partial charge in [-0.1, -0.05) is 0 Å². The number of aromatic nitrogens is 2. The van der Waals surface area contributed by atoms with Gasteiger partial charge in [0.25, 0.3) is 11.6 Å². The Labute approximate surface area is 159 Å². The predicted octanol–water partition coefficient (Wildman–Crippen LogP) is -0.855. The zero-order chi connectivity index (χ0) is 20.6. The summed E-state index contributed by atoms with van der Waals surface area (Å²) in [4.78, 5) is 55.8. The highest BCUT2D eigenvalue weighted by Gasteiger charge is 2.52. The Morgan fingerprint density at radius 1 is 1.18 bits per heavy atom. The molecule has 12 nitrogen and oxygen atoms in total. The van der Waals surface area contributed by atoms with Crippen LogP contribution in [0.15, 0.2) is 4.79 Å². The summed E-state index contributed by atoms with van der Waals surface area (Å²) in [6.45, 7) is 3.55. The lowest BCUT2D eigenvalue weighted by Gasteiger charge is -2.48. The van der Waals surface area contributed by atoms with Crippen molar-refractivity contribution in [2.24, 2.45) is 0 Å². The number of nitrogens with one attached hydrogen (secondary N) is 2. The molecule has 12 heteroatoms. The average molecular weight is 396 g/mol. The quantitative estimate of drug-likeness (QED) is 0.618. The van der Waals surface area contributed by atoms with E-state index in [2.05, 4.69) is 15.3 Å². The van der Waals surface area contributed by atoms with Crippen molar-refractivity contribution in [1.82, 2.24) is 9.97 Å². The van der Waals surface area contributed by atoms with Crippen LogP contribution in [0, 0.1) is 0 Å². The Balaban J connectivity index is 2.11. The van der Waals surface area contributed by atoms with Crippen LogP contribution in [0.4, 0.5) is 11.5 Å². The molecule has 1 amide bonds. The van der Waals surface area contributed by atoms with E-state index in [-0.39, 0.29) is 24.1 Å². The summed E-state index contributed by atoms with van der Waals surface area (Å²) in [6.07, 6.45) is -2.89. The standard InChI is InChI=1S/C16H20N4O8/c1-6(21)20-10-12(28-8(3)23)9(27-7(2)22)5-26-15(10)17-13-11(20)14(24)19-16(18-13)25-4/h9-10,12,15H,5H2,1-4H3,(H2,17,18,19,24)/t9-,10+,12+,15-/m0/s1. The van der Waals surface area contributed by atoms with Crippen molar-refractivity contribution >= 4 is 29.4 Å². The molecule has 0 spiro atoms. The number of fused-ring (bicyclic) bond motifs is 2. The predicted molar refractivity (Wildman–Crippen MR) is 92.8 cm³/mol. The van der Waals surface area contributed by atoms with Crippen LogP contribution in [0.2, 0.25) is 0 Å². The lowest BCUT2D eigenvalue weighted by atomic mass is 9.96. The molecule has 2 N–H and O–H groups in total. The molecule has 1 fully saturated rings. The van der Waals surface area contributed by atoms with E-state index in [1.54, 1.807) is 0 Å². The van der Waals surface area contributed by atoms with E-state index in [9.17, 15) is 19.2 Å². The van der Waals surface area contributed by atoms with Crippen molar-refractivity contribution in [3.8, 4) is 6.01 Å². The van der Waals surface area contributed by atoms with Crippen LogP contribution in [0.1, 0.15) is 20.8 Å². The van der Waals surface area contributed by atoms with Crippen LogP contribution in [-0.4, -0.2) is 66.0 Å². The molecule has 0 aliphatic carbocycles. The summed E-state index contributed by atoms with van der Waals surface area (Å²) >= 11 is 0. The van der Waals surface area contributed by atoms with Gasteiger partial charge in [0.2, 0.25) is 5.91 Å². The summed E-state index contributed by atoms with van der Waals surface area (Å²) in [5.41, 5.74) is -0.724. The Hall–Kier alpha value is -3.15. The van der Waals surface area contributed by atoms with Crippen LogP contribution < -0.4 is 20.5 Å². The molecule has 0 aromatic carbocycles. The minimum Gasteiger partial charge on any atom is -0.468 e. The van der Waals surface area contributed by atoms with Gasteiger partial charge in [0.1, 0.15) is 6.04 Å². The molecule has 4 atom stereocenters. The highest BCUT2D eigenvalue weighted by Crippen LogP contribution is 2.36. The highest BCUT2D eigenvalue weighted by atomic mass is 16.6. The third-order valence-corrected chi connectivity index (χ3v) is 4.30. The highest BCUT2D eigenvalue weighted by molar-refractivity contribution is 5.96. The normalized spacial score (nSPS) is 25.6. The Kier molecular flexibility index (Phi) is 5.23. The van der Waals surface area contributed by atoms with E-state index in [0.29, 0.717) is 0 Å². The lowest BCUT2D eigenvalue weighted by Crippen LogP contribution is -2.68. The number of carbonyl (C=O) groups excluding carboxylic acids is 3. The van der Waals surface area contributed by atoms with Crippen molar-refractivity contribution < 1.29 is 33.3 Å². The second-order valence-corrected chi connectivity index (χ2v) is 6.27. The molecule has 3 heterocycles. The van der Waals surface area contributed by atoms with Gasteiger partial charge in [-0.3, -0.25) is 29.1 Å². The molecule has 3 rings (SSSR count). The number of ether oxygens (including phenoxy) is 4. The largest absolute Gasteiger partial charge is 0.468 e. The number of H-pyrrole nitrogens is 1. The molecule has 28 heavy (non-hydrogen) atoms. The maximum absolute atomic E-state index is 12.6. The lowest BCUT2D eigenvalue weighted by molar-refractivity contribution is -0.190. The first-order chi connectivity index (χ1) is 13.2. The molecular weight excluding hydrogens is 376 g/mol. The number of rotatable bonds is 3. The van der Waals surface area contributed by atoms with E-state index < -0.39 is 47.9 Å². The van der Waals surface area contributed by atoms with E-state index >= 15 is 0 Å².